The Balaban J connectivity index is 1.94. The van der Waals surface area contributed by atoms with E-state index in [4.69, 9.17) is 4.74 Å². The number of carbonyl (C=O) groups is 1. The first kappa shape index (κ1) is 16.0. The van der Waals surface area contributed by atoms with Crippen molar-refractivity contribution >= 4 is 11.6 Å². The number of benzene rings is 1. The van der Waals surface area contributed by atoms with Gasteiger partial charge >= 0.3 is 0 Å². The SMILES string of the molecule is CCN(CC(=O)Nc1ccccc1OC)Cc1cnn(C)c1. The number of nitrogens with one attached hydrogen (secondary N) is 1. The molecule has 0 radical (unpaired) electrons. The van der Waals surface area contributed by atoms with E-state index in [0.29, 0.717) is 24.5 Å². The molecule has 6 nitrogen and oxygen atoms in total. The Morgan fingerprint density at radius 3 is 2.82 bits per heavy atom. The number of hydrogen-bond acceptors (Lipinski definition) is 4. The van der Waals surface area contributed by atoms with E-state index in [9.17, 15) is 4.79 Å². The van der Waals surface area contributed by atoms with Gasteiger partial charge in [0.15, 0.2) is 0 Å². The zero-order chi connectivity index (χ0) is 15.9. The van der Waals surface area contributed by atoms with Gasteiger partial charge in [-0.25, -0.2) is 0 Å². The van der Waals surface area contributed by atoms with Gasteiger partial charge in [0.25, 0.3) is 0 Å². The molecule has 1 amide bonds. The molecule has 0 aliphatic heterocycles. The van der Waals surface area contributed by atoms with Gasteiger partial charge in [0.2, 0.25) is 5.91 Å². The lowest BCUT2D eigenvalue weighted by Gasteiger charge is -2.19. The number of hydrogen-bond donors (Lipinski definition) is 1. The van der Waals surface area contributed by atoms with E-state index in [-0.39, 0.29) is 5.91 Å². The molecule has 0 aliphatic rings. The fourth-order valence-corrected chi connectivity index (χ4v) is 2.23. The minimum Gasteiger partial charge on any atom is -0.495 e. The lowest BCUT2D eigenvalue weighted by Crippen LogP contribution is -2.32. The van der Waals surface area contributed by atoms with Gasteiger partial charge in [0.1, 0.15) is 5.75 Å². The van der Waals surface area contributed by atoms with Gasteiger partial charge in [0, 0.05) is 25.4 Å². The standard InChI is InChI=1S/C16H22N4O2/c1-4-20(11-13-9-17-19(2)10-13)12-16(21)18-14-7-5-6-8-15(14)22-3/h5-10H,4,11-12H2,1-3H3,(H,18,21). The number of amides is 1. The molecular weight excluding hydrogens is 280 g/mol. The van der Waals surface area contributed by atoms with Crippen molar-refractivity contribution in [1.82, 2.24) is 14.7 Å². The molecule has 1 aromatic carbocycles. The third kappa shape index (κ3) is 4.33. The van der Waals surface area contributed by atoms with E-state index >= 15 is 0 Å². The summed E-state index contributed by atoms with van der Waals surface area (Å²) >= 11 is 0. The maximum absolute atomic E-state index is 12.2. The molecule has 1 N–H and O–H groups in total. The van der Waals surface area contributed by atoms with E-state index in [1.807, 2.05) is 50.6 Å². The van der Waals surface area contributed by atoms with Gasteiger partial charge in [-0.05, 0) is 18.7 Å². The molecule has 1 heterocycles. The number of methoxy groups -OCH3 is 1. The second-order valence-electron chi connectivity index (χ2n) is 5.07. The van der Waals surface area contributed by atoms with Gasteiger partial charge in [-0.2, -0.15) is 5.10 Å². The lowest BCUT2D eigenvalue weighted by atomic mass is 10.3. The summed E-state index contributed by atoms with van der Waals surface area (Å²) in [6.07, 6.45) is 3.78. The zero-order valence-corrected chi connectivity index (χ0v) is 13.2. The van der Waals surface area contributed by atoms with Crippen LogP contribution in [0.5, 0.6) is 5.75 Å². The smallest absolute Gasteiger partial charge is 0.238 e. The van der Waals surface area contributed by atoms with Crippen molar-refractivity contribution in [2.45, 2.75) is 13.5 Å². The summed E-state index contributed by atoms with van der Waals surface area (Å²) < 4.78 is 7.00. The van der Waals surface area contributed by atoms with Crippen LogP contribution in [0.15, 0.2) is 36.7 Å². The molecule has 118 valence electrons. The molecule has 0 saturated heterocycles. The van der Waals surface area contributed by atoms with Crippen LogP contribution < -0.4 is 10.1 Å². The van der Waals surface area contributed by atoms with E-state index in [1.165, 1.54) is 0 Å². The molecule has 0 unspecified atom stereocenters. The number of rotatable bonds is 7. The van der Waals surface area contributed by atoms with E-state index in [2.05, 4.69) is 15.3 Å². The van der Waals surface area contributed by atoms with Gasteiger partial charge < -0.3 is 10.1 Å². The van der Waals surface area contributed by atoms with Crippen molar-refractivity contribution in [2.75, 3.05) is 25.5 Å². The summed E-state index contributed by atoms with van der Waals surface area (Å²) in [5.41, 5.74) is 1.78. The minimum absolute atomic E-state index is 0.0600. The van der Waals surface area contributed by atoms with Crippen LogP contribution in [0.2, 0.25) is 0 Å². The van der Waals surface area contributed by atoms with Crippen LogP contribution in [0.4, 0.5) is 5.69 Å². The molecule has 1 aromatic heterocycles. The van der Waals surface area contributed by atoms with E-state index in [0.717, 1.165) is 12.1 Å². The number of anilines is 1. The summed E-state index contributed by atoms with van der Waals surface area (Å²) in [5.74, 6) is 0.599. The highest BCUT2D eigenvalue weighted by molar-refractivity contribution is 5.93. The van der Waals surface area contributed by atoms with Gasteiger partial charge in [0.05, 0.1) is 25.5 Å². The molecule has 0 atom stereocenters. The maximum atomic E-state index is 12.2. The van der Waals surface area contributed by atoms with Crippen molar-refractivity contribution in [3.63, 3.8) is 0 Å². The predicted molar refractivity (Wildman–Crippen MR) is 85.8 cm³/mol. The monoisotopic (exact) mass is 302 g/mol. The first-order valence-electron chi connectivity index (χ1n) is 7.25. The molecule has 0 fully saturated rings. The van der Waals surface area contributed by atoms with Crippen molar-refractivity contribution < 1.29 is 9.53 Å². The summed E-state index contributed by atoms with van der Waals surface area (Å²) in [7, 11) is 3.47. The quantitative estimate of drug-likeness (QED) is 0.848. The Hall–Kier alpha value is -2.34. The van der Waals surface area contributed by atoms with Crippen LogP contribution in [0.3, 0.4) is 0 Å². The van der Waals surface area contributed by atoms with Gasteiger partial charge in [-0.1, -0.05) is 19.1 Å². The second-order valence-corrected chi connectivity index (χ2v) is 5.07. The summed E-state index contributed by atoms with van der Waals surface area (Å²) in [6.45, 7) is 3.84. The fraction of sp³-hybridized carbons (Fsp3) is 0.375. The average Bonchev–Trinajstić information content (AvgIpc) is 2.92. The van der Waals surface area contributed by atoms with Crippen LogP contribution in [0, 0.1) is 0 Å². The molecule has 0 aliphatic carbocycles. The Morgan fingerprint density at radius 2 is 2.18 bits per heavy atom. The third-order valence-electron chi connectivity index (χ3n) is 3.36. The maximum Gasteiger partial charge on any atom is 0.238 e. The first-order valence-corrected chi connectivity index (χ1v) is 7.25. The third-order valence-corrected chi connectivity index (χ3v) is 3.36. The average molecular weight is 302 g/mol. The summed E-state index contributed by atoms with van der Waals surface area (Å²) in [5, 5.41) is 7.04. The first-order chi connectivity index (χ1) is 10.6. The van der Waals surface area contributed by atoms with Crippen molar-refractivity contribution in [1.29, 1.82) is 0 Å². The number of para-hydroxylation sites is 2. The normalized spacial score (nSPS) is 10.7. The number of carbonyl (C=O) groups excluding carboxylic acids is 1. The lowest BCUT2D eigenvalue weighted by molar-refractivity contribution is -0.117. The number of aryl methyl sites for hydroxylation is 1. The summed E-state index contributed by atoms with van der Waals surface area (Å²) in [6, 6.07) is 7.39. The highest BCUT2D eigenvalue weighted by atomic mass is 16.5. The highest BCUT2D eigenvalue weighted by Gasteiger charge is 2.12. The Labute approximate surface area is 130 Å². The molecule has 2 aromatic rings. The van der Waals surface area contributed by atoms with Crippen LogP contribution in [-0.4, -0.2) is 40.8 Å². The van der Waals surface area contributed by atoms with Crippen molar-refractivity contribution in [3.8, 4) is 5.75 Å². The van der Waals surface area contributed by atoms with E-state index in [1.54, 1.807) is 11.8 Å². The van der Waals surface area contributed by atoms with Crippen LogP contribution in [0.25, 0.3) is 0 Å². The number of nitrogens with zero attached hydrogens (tertiary/aromatic N) is 3. The molecule has 0 spiro atoms. The molecular formula is C16H22N4O2. The highest BCUT2D eigenvalue weighted by Crippen LogP contribution is 2.22. The fourth-order valence-electron chi connectivity index (χ4n) is 2.23. The van der Waals surface area contributed by atoms with Crippen molar-refractivity contribution in [3.05, 3.63) is 42.2 Å². The molecule has 0 saturated carbocycles. The van der Waals surface area contributed by atoms with Crippen LogP contribution in [-0.2, 0) is 18.4 Å². The summed E-state index contributed by atoms with van der Waals surface area (Å²) in [4.78, 5) is 14.3. The topological polar surface area (TPSA) is 59.4 Å². The van der Waals surface area contributed by atoms with Crippen molar-refractivity contribution in [2.24, 2.45) is 7.05 Å². The Kier molecular flexibility index (Phi) is 5.55. The van der Waals surface area contributed by atoms with Crippen LogP contribution >= 0.6 is 0 Å². The number of likely N-dealkylation sites (N-methyl/N-ethyl adjacent to an activating group) is 1. The predicted octanol–water partition coefficient (Wildman–Crippen LogP) is 1.89. The van der Waals surface area contributed by atoms with Crippen LogP contribution in [0.1, 0.15) is 12.5 Å². The minimum atomic E-state index is -0.0600. The number of aromatic nitrogens is 2. The largest absolute Gasteiger partial charge is 0.495 e. The molecule has 22 heavy (non-hydrogen) atoms. The number of ether oxygens (including phenoxy) is 1. The second kappa shape index (κ2) is 7.61. The van der Waals surface area contributed by atoms with E-state index < -0.39 is 0 Å². The molecule has 6 heteroatoms. The molecule has 0 bridgehead atoms. The zero-order valence-electron chi connectivity index (χ0n) is 13.2. The van der Waals surface area contributed by atoms with Gasteiger partial charge in [-0.3, -0.25) is 14.4 Å². The Morgan fingerprint density at radius 1 is 1.41 bits per heavy atom. The van der Waals surface area contributed by atoms with Gasteiger partial charge in [-0.15, -0.1) is 0 Å². The Bertz CT molecular complexity index is 624. The molecule has 2 rings (SSSR count).